The monoisotopic (exact) mass is 433 g/mol. The van der Waals surface area contributed by atoms with E-state index in [1.54, 1.807) is 30.8 Å². The summed E-state index contributed by atoms with van der Waals surface area (Å²) < 4.78 is 21.0. The maximum atomic E-state index is 13.8. The normalized spacial score (nSPS) is 20.6. The highest BCUT2D eigenvalue weighted by Crippen LogP contribution is 2.45. The number of hydrogen-bond acceptors (Lipinski definition) is 4. The molecule has 0 bridgehead atoms. The summed E-state index contributed by atoms with van der Waals surface area (Å²) in [4.78, 5) is 27.6. The number of methoxy groups -OCH3 is 1. The Bertz CT molecular complexity index is 1240. The van der Waals surface area contributed by atoms with Crippen LogP contribution < -0.4 is 10.2 Å². The van der Waals surface area contributed by atoms with E-state index in [2.05, 4.69) is 5.10 Å². The van der Waals surface area contributed by atoms with Crippen LogP contribution in [0.15, 0.2) is 59.5 Å². The molecule has 5 rings (SSSR count). The molecule has 0 spiro atoms. The Kier molecular flexibility index (Phi) is 5.04. The standard InChI is InChI=1S/C25H24FN3O3/c1-15-21(30)14-27-29-23(15)25(31)28-12-4-7-20(28)24(29)22(16-8-10-18(26)11-9-16)17-5-3-6-19(13-17)32-2/h3,5-6,8-11,13-14,20,22,24H,4,7,12H2,1-2H3/t20-,22+,24-/m1/s1. The van der Waals surface area contributed by atoms with Gasteiger partial charge in [-0.25, -0.2) is 4.39 Å². The van der Waals surface area contributed by atoms with E-state index >= 15 is 0 Å². The molecule has 2 aliphatic heterocycles. The second-order valence-corrected chi connectivity index (χ2v) is 8.43. The predicted octanol–water partition coefficient (Wildman–Crippen LogP) is 3.69. The van der Waals surface area contributed by atoms with Gasteiger partial charge in [-0.15, -0.1) is 0 Å². The Labute approximate surface area is 185 Å². The molecule has 1 aromatic heterocycles. The van der Waals surface area contributed by atoms with Gasteiger partial charge in [0.15, 0.2) is 0 Å². The van der Waals surface area contributed by atoms with Crippen molar-refractivity contribution in [3.63, 3.8) is 0 Å². The fraction of sp³-hybridized carbons (Fsp3) is 0.320. The van der Waals surface area contributed by atoms with Crippen LogP contribution in [0.5, 0.6) is 5.75 Å². The number of halogens is 1. The van der Waals surface area contributed by atoms with Crippen molar-refractivity contribution in [2.75, 3.05) is 13.7 Å². The minimum absolute atomic E-state index is 0.0781. The van der Waals surface area contributed by atoms with Crippen molar-refractivity contribution in [1.29, 1.82) is 0 Å². The summed E-state index contributed by atoms with van der Waals surface area (Å²) in [6.45, 7) is 2.33. The molecule has 1 fully saturated rings. The van der Waals surface area contributed by atoms with Crippen LogP contribution in [0.2, 0.25) is 0 Å². The van der Waals surface area contributed by atoms with Crippen LogP contribution in [0, 0.1) is 12.7 Å². The molecule has 0 aliphatic carbocycles. The number of benzene rings is 2. The lowest BCUT2D eigenvalue weighted by molar-refractivity contribution is 0.0570. The molecule has 2 aromatic carbocycles. The number of aromatic nitrogens is 2. The van der Waals surface area contributed by atoms with Crippen molar-refractivity contribution in [3.05, 3.63) is 93.2 Å². The molecule has 0 saturated carbocycles. The summed E-state index contributed by atoms with van der Waals surface area (Å²) in [6, 6.07) is 13.9. The molecular weight excluding hydrogens is 409 g/mol. The lowest BCUT2D eigenvalue weighted by Gasteiger charge is -2.43. The first kappa shape index (κ1) is 20.4. The number of hydrogen-bond donors (Lipinski definition) is 0. The summed E-state index contributed by atoms with van der Waals surface area (Å²) in [5, 5.41) is 4.46. The third-order valence-electron chi connectivity index (χ3n) is 6.72. The highest BCUT2D eigenvalue weighted by molar-refractivity contribution is 5.95. The molecule has 3 heterocycles. The molecule has 164 valence electrons. The molecule has 0 N–H and O–H groups in total. The van der Waals surface area contributed by atoms with Gasteiger partial charge < -0.3 is 9.64 Å². The average Bonchev–Trinajstić information content (AvgIpc) is 3.30. The second kappa shape index (κ2) is 7.89. The first-order valence-electron chi connectivity index (χ1n) is 10.8. The fourth-order valence-corrected chi connectivity index (χ4v) is 5.20. The molecule has 0 radical (unpaired) electrons. The van der Waals surface area contributed by atoms with Crippen LogP contribution in [-0.2, 0) is 0 Å². The lowest BCUT2D eigenvalue weighted by atomic mass is 9.79. The predicted molar refractivity (Wildman–Crippen MR) is 118 cm³/mol. The van der Waals surface area contributed by atoms with Gasteiger partial charge in [0.05, 0.1) is 25.4 Å². The summed E-state index contributed by atoms with van der Waals surface area (Å²) in [5.41, 5.74) is 2.39. The second-order valence-electron chi connectivity index (χ2n) is 8.43. The zero-order valence-corrected chi connectivity index (χ0v) is 18.0. The minimum Gasteiger partial charge on any atom is -0.497 e. The zero-order valence-electron chi connectivity index (χ0n) is 18.0. The van der Waals surface area contributed by atoms with Crippen molar-refractivity contribution in [2.45, 2.75) is 37.8 Å². The Morgan fingerprint density at radius 3 is 2.66 bits per heavy atom. The number of fused-ring (bicyclic) bond motifs is 2. The first-order valence-corrected chi connectivity index (χ1v) is 10.8. The number of carbonyl (C=O) groups is 1. The van der Waals surface area contributed by atoms with Gasteiger partial charge in [0.25, 0.3) is 5.91 Å². The van der Waals surface area contributed by atoms with Crippen molar-refractivity contribution < 1.29 is 13.9 Å². The summed E-state index contributed by atoms with van der Waals surface area (Å²) in [5.74, 6) is 0.0408. The highest BCUT2D eigenvalue weighted by atomic mass is 19.1. The largest absolute Gasteiger partial charge is 0.497 e. The van der Waals surface area contributed by atoms with Crippen LogP contribution in [0.4, 0.5) is 4.39 Å². The molecule has 0 unspecified atom stereocenters. The quantitative estimate of drug-likeness (QED) is 0.630. The number of amides is 1. The van der Waals surface area contributed by atoms with Crippen LogP contribution in [-0.4, -0.2) is 40.3 Å². The zero-order chi connectivity index (χ0) is 22.4. The lowest BCUT2D eigenvalue weighted by Crippen LogP contribution is -2.51. The molecule has 3 aromatic rings. The highest BCUT2D eigenvalue weighted by Gasteiger charge is 2.47. The van der Waals surface area contributed by atoms with Gasteiger partial charge in [0.1, 0.15) is 17.3 Å². The first-order chi connectivity index (χ1) is 15.5. The van der Waals surface area contributed by atoms with E-state index in [9.17, 15) is 14.0 Å². The van der Waals surface area contributed by atoms with Crippen LogP contribution in [0.25, 0.3) is 0 Å². The Morgan fingerprint density at radius 2 is 1.91 bits per heavy atom. The number of nitrogens with zero attached hydrogens (tertiary/aromatic N) is 3. The van der Waals surface area contributed by atoms with Gasteiger partial charge in [-0.05, 0) is 55.2 Å². The van der Waals surface area contributed by atoms with Gasteiger partial charge in [0, 0.05) is 18.0 Å². The minimum atomic E-state index is -0.308. The van der Waals surface area contributed by atoms with Crippen molar-refractivity contribution >= 4 is 5.91 Å². The SMILES string of the molecule is COc1cccc([C@H](c2ccc(F)cc2)[C@H]2[C@H]3CCCN3C(=O)c3c(C)c(=O)cnn32)c1. The van der Waals surface area contributed by atoms with E-state index in [4.69, 9.17) is 4.74 Å². The van der Waals surface area contributed by atoms with Gasteiger partial charge >= 0.3 is 0 Å². The summed E-state index contributed by atoms with van der Waals surface area (Å²) in [6.07, 6.45) is 3.01. The van der Waals surface area contributed by atoms with Crippen LogP contribution >= 0.6 is 0 Å². The Balaban J connectivity index is 1.77. The van der Waals surface area contributed by atoms with Crippen molar-refractivity contribution in [2.24, 2.45) is 0 Å². The Morgan fingerprint density at radius 1 is 1.12 bits per heavy atom. The number of ether oxygens (including phenoxy) is 1. The maximum absolute atomic E-state index is 13.8. The third-order valence-corrected chi connectivity index (χ3v) is 6.72. The van der Waals surface area contributed by atoms with Crippen molar-refractivity contribution in [3.8, 4) is 5.75 Å². The summed E-state index contributed by atoms with van der Waals surface area (Å²) >= 11 is 0. The topological polar surface area (TPSA) is 64.4 Å². The van der Waals surface area contributed by atoms with E-state index in [0.29, 0.717) is 23.6 Å². The van der Waals surface area contributed by atoms with Gasteiger partial charge in [-0.3, -0.25) is 14.3 Å². The average molecular weight is 433 g/mol. The molecule has 1 saturated heterocycles. The van der Waals surface area contributed by atoms with Crippen LogP contribution in [0.1, 0.15) is 52.0 Å². The summed E-state index contributed by atoms with van der Waals surface area (Å²) in [7, 11) is 1.62. The molecule has 2 aliphatic rings. The molecule has 1 amide bonds. The molecular formula is C25H24FN3O3. The van der Waals surface area contributed by atoms with E-state index in [1.165, 1.54) is 18.3 Å². The van der Waals surface area contributed by atoms with E-state index < -0.39 is 0 Å². The number of rotatable bonds is 4. The van der Waals surface area contributed by atoms with Crippen LogP contribution in [0.3, 0.4) is 0 Å². The van der Waals surface area contributed by atoms with E-state index in [0.717, 1.165) is 24.0 Å². The third kappa shape index (κ3) is 3.20. The van der Waals surface area contributed by atoms with Crippen molar-refractivity contribution in [1.82, 2.24) is 14.7 Å². The maximum Gasteiger partial charge on any atom is 0.272 e. The molecule has 6 nitrogen and oxygen atoms in total. The smallest absolute Gasteiger partial charge is 0.272 e. The van der Waals surface area contributed by atoms with Gasteiger partial charge in [-0.1, -0.05) is 24.3 Å². The van der Waals surface area contributed by atoms with Gasteiger partial charge in [-0.2, -0.15) is 5.10 Å². The Hall–Kier alpha value is -3.48. The molecule has 32 heavy (non-hydrogen) atoms. The number of carbonyl (C=O) groups excluding carboxylic acids is 1. The van der Waals surface area contributed by atoms with E-state index in [1.807, 2.05) is 29.2 Å². The molecule has 7 heteroatoms. The fourth-order valence-electron chi connectivity index (χ4n) is 5.20. The molecule has 3 atom stereocenters. The van der Waals surface area contributed by atoms with Gasteiger partial charge in [0.2, 0.25) is 5.43 Å². The van der Waals surface area contributed by atoms with E-state index in [-0.39, 0.29) is 35.2 Å².